The van der Waals surface area contributed by atoms with Crippen molar-refractivity contribution in [2.75, 3.05) is 13.2 Å². The van der Waals surface area contributed by atoms with Gasteiger partial charge in [-0.3, -0.25) is 18.6 Å². The minimum Gasteiger partial charge on any atom is -0.462 e. The molecular formula is C31H59O13P. The number of phosphoric ester groups is 1. The van der Waals surface area contributed by atoms with Crippen LogP contribution in [0.25, 0.3) is 0 Å². The first-order valence-corrected chi connectivity index (χ1v) is 18.3. The Morgan fingerprint density at radius 2 is 1.00 bits per heavy atom. The fourth-order valence-corrected chi connectivity index (χ4v) is 6.08. The Balaban J connectivity index is 2.58. The van der Waals surface area contributed by atoms with Crippen LogP contribution in [0.15, 0.2) is 0 Å². The first-order chi connectivity index (χ1) is 21.4. The van der Waals surface area contributed by atoms with Gasteiger partial charge in [0.25, 0.3) is 0 Å². The van der Waals surface area contributed by atoms with Crippen LogP contribution in [0.4, 0.5) is 0 Å². The van der Waals surface area contributed by atoms with Gasteiger partial charge < -0.3 is 39.9 Å². The van der Waals surface area contributed by atoms with Gasteiger partial charge in [-0.05, 0) is 12.8 Å². The zero-order valence-corrected chi connectivity index (χ0v) is 28.1. The fraction of sp³-hybridized carbons (Fsp3) is 0.935. The van der Waals surface area contributed by atoms with Gasteiger partial charge in [-0.1, -0.05) is 104 Å². The summed E-state index contributed by atoms with van der Waals surface area (Å²) in [4.78, 5) is 35.0. The molecule has 1 rings (SSSR count). The van der Waals surface area contributed by atoms with Gasteiger partial charge in [0.05, 0.1) is 6.61 Å². The minimum absolute atomic E-state index is 0.102. The van der Waals surface area contributed by atoms with Crippen molar-refractivity contribution in [1.29, 1.82) is 0 Å². The minimum atomic E-state index is -5.09. The summed E-state index contributed by atoms with van der Waals surface area (Å²) in [6.45, 7) is 3.12. The zero-order valence-electron chi connectivity index (χ0n) is 27.2. The van der Waals surface area contributed by atoms with Crippen molar-refractivity contribution in [1.82, 2.24) is 0 Å². The maximum absolute atomic E-state index is 12.6. The Hall–Kier alpha value is -1.15. The first kappa shape index (κ1) is 41.9. The van der Waals surface area contributed by atoms with Crippen molar-refractivity contribution in [3.05, 3.63) is 0 Å². The van der Waals surface area contributed by atoms with E-state index in [0.717, 1.165) is 51.4 Å². The van der Waals surface area contributed by atoms with Crippen molar-refractivity contribution in [2.45, 2.75) is 172 Å². The van der Waals surface area contributed by atoms with Crippen LogP contribution in [0.2, 0.25) is 0 Å². The van der Waals surface area contributed by atoms with Crippen molar-refractivity contribution in [2.24, 2.45) is 0 Å². The van der Waals surface area contributed by atoms with Gasteiger partial charge in [-0.2, -0.15) is 0 Å². The molecule has 1 fully saturated rings. The lowest BCUT2D eigenvalue weighted by Gasteiger charge is -2.41. The Labute approximate surface area is 268 Å². The molecule has 1 aliphatic carbocycles. The Bertz CT molecular complexity index is 828. The Morgan fingerprint density at radius 1 is 0.600 bits per heavy atom. The summed E-state index contributed by atoms with van der Waals surface area (Å²) in [5.74, 6) is -1.11. The SMILES string of the molecule is CCCCCCCCCCCCCC(=O)OC(COC(=O)CCCCCCC)COP(=O)(O)OC1C(O)C(O)C(O)C(O)C1O. The highest BCUT2D eigenvalue weighted by Gasteiger charge is 2.51. The van der Waals surface area contributed by atoms with Crippen LogP contribution in [-0.4, -0.2) is 98.3 Å². The van der Waals surface area contributed by atoms with Crippen LogP contribution in [0.1, 0.15) is 129 Å². The zero-order chi connectivity index (χ0) is 33.7. The number of ether oxygens (including phenoxy) is 2. The second kappa shape index (κ2) is 24.1. The van der Waals surface area contributed by atoms with E-state index in [1.165, 1.54) is 38.5 Å². The third kappa shape index (κ3) is 18.1. The molecule has 0 spiro atoms. The Kier molecular flexibility index (Phi) is 22.4. The van der Waals surface area contributed by atoms with Crippen LogP contribution < -0.4 is 0 Å². The quantitative estimate of drug-likeness (QED) is 0.0440. The number of rotatable bonds is 26. The number of hydrogen-bond donors (Lipinski definition) is 6. The van der Waals surface area contributed by atoms with E-state index in [4.69, 9.17) is 18.5 Å². The molecule has 0 radical (unpaired) electrons. The van der Waals surface area contributed by atoms with Crippen LogP contribution in [0.3, 0.4) is 0 Å². The first-order valence-electron chi connectivity index (χ1n) is 16.8. The second-order valence-corrected chi connectivity index (χ2v) is 13.4. The lowest BCUT2D eigenvalue weighted by molar-refractivity contribution is -0.220. The molecule has 1 aliphatic rings. The van der Waals surface area contributed by atoms with Crippen molar-refractivity contribution in [3.8, 4) is 0 Å². The van der Waals surface area contributed by atoms with Crippen LogP contribution >= 0.6 is 7.82 Å². The average molecular weight is 671 g/mol. The van der Waals surface area contributed by atoms with E-state index in [1.54, 1.807) is 0 Å². The van der Waals surface area contributed by atoms with Gasteiger partial charge in [0.1, 0.15) is 43.2 Å². The number of hydrogen-bond acceptors (Lipinski definition) is 12. The number of unbranched alkanes of at least 4 members (excludes halogenated alkanes) is 14. The molecular weight excluding hydrogens is 611 g/mol. The predicted molar refractivity (Wildman–Crippen MR) is 166 cm³/mol. The smallest absolute Gasteiger partial charge is 0.462 e. The molecule has 1 saturated carbocycles. The van der Waals surface area contributed by atoms with Crippen LogP contribution in [0, 0.1) is 0 Å². The third-order valence-corrected chi connectivity index (χ3v) is 8.93. The van der Waals surface area contributed by atoms with E-state index in [1.807, 2.05) is 0 Å². The van der Waals surface area contributed by atoms with E-state index in [9.17, 15) is 44.6 Å². The lowest BCUT2D eigenvalue weighted by Crippen LogP contribution is -2.64. The monoisotopic (exact) mass is 670 g/mol. The van der Waals surface area contributed by atoms with E-state index in [2.05, 4.69) is 13.8 Å². The number of aliphatic hydroxyl groups is 5. The maximum atomic E-state index is 12.6. The molecule has 266 valence electrons. The number of phosphoric acid groups is 1. The molecule has 0 aromatic rings. The molecule has 0 aliphatic heterocycles. The molecule has 0 bridgehead atoms. The van der Waals surface area contributed by atoms with Gasteiger partial charge in [0, 0.05) is 12.8 Å². The molecule has 0 amide bonds. The maximum Gasteiger partial charge on any atom is 0.472 e. The number of aliphatic hydroxyl groups excluding tert-OH is 5. The molecule has 14 heteroatoms. The molecule has 0 saturated heterocycles. The van der Waals surface area contributed by atoms with Gasteiger partial charge in [-0.25, -0.2) is 4.57 Å². The van der Waals surface area contributed by atoms with Crippen molar-refractivity contribution in [3.63, 3.8) is 0 Å². The number of esters is 2. The predicted octanol–water partition coefficient (Wildman–Crippen LogP) is 3.82. The fourth-order valence-electron chi connectivity index (χ4n) is 5.11. The topological polar surface area (TPSA) is 210 Å². The molecule has 0 aromatic heterocycles. The van der Waals surface area contributed by atoms with E-state index < -0.39 is 75.7 Å². The van der Waals surface area contributed by atoms with Gasteiger partial charge in [0.2, 0.25) is 0 Å². The molecule has 6 atom stereocenters. The summed E-state index contributed by atoms with van der Waals surface area (Å²) in [6.07, 6.45) is 3.99. The van der Waals surface area contributed by atoms with Crippen molar-refractivity contribution < 1.29 is 63.1 Å². The molecule has 0 aromatic carbocycles. The largest absolute Gasteiger partial charge is 0.472 e. The number of carbonyl (C=O) groups is 2. The summed E-state index contributed by atoms with van der Waals surface area (Å²) < 4.78 is 33.0. The molecule has 0 heterocycles. The van der Waals surface area contributed by atoms with E-state index >= 15 is 0 Å². The van der Waals surface area contributed by atoms with Gasteiger partial charge in [0.15, 0.2) is 6.10 Å². The summed E-state index contributed by atoms with van der Waals surface area (Å²) >= 11 is 0. The molecule has 6 unspecified atom stereocenters. The highest BCUT2D eigenvalue weighted by Crippen LogP contribution is 2.47. The second-order valence-electron chi connectivity index (χ2n) is 12.0. The Morgan fingerprint density at radius 3 is 1.47 bits per heavy atom. The summed E-state index contributed by atoms with van der Waals surface area (Å²) in [5.41, 5.74) is 0. The third-order valence-electron chi connectivity index (χ3n) is 7.95. The van der Waals surface area contributed by atoms with E-state index in [-0.39, 0.29) is 12.8 Å². The van der Waals surface area contributed by atoms with Crippen molar-refractivity contribution >= 4 is 19.8 Å². The van der Waals surface area contributed by atoms with Crippen LogP contribution in [-0.2, 0) is 32.7 Å². The van der Waals surface area contributed by atoms with Gasteiger partial charge >= 0.3 is 19.8 Å². The highest BCUT2D eigenvalue weighted by molar-refractivity contribution is 7.47. The average Bonchev–Trinajstić information content (AvgIpc) is 3.01. The summed E-state index contributed by atoms with van der Waals surface area (Å²) in [6, 6.07) is 0. The number of carbonyl (C=O) groups excluding carboxylic acids is 2. The molecule has 13 nitrogen and oxygen atoms in total. The lowest BCUT2D eigenvalue weighted by atomic mass is 9.85. The molecule has 6 N–H and O–H groups in total. The standard InChI is InChI=1S/C31H59O13P/c1-3-5-7-9-10-11-12-13-14-16-18-20-25(33)43-23(21-41-24(32)19-17-15-8-6-4-2)22-42-45(39,40)44-31-29(37)27(35)26(34)28(36)30(31)38/h23,26-31,34-38H,3-22H2,1-2H3,(H,39,40). The normalized spacial score (nSPS) is 25.4. The van der Waals surface area contributed by atoms with Crippen LogP contribution in [0.5, 0.6) is 0 Å². The molecule has 45 heavy (non-hydrogen) atoms. The van der Waals surface area contributed by atoms with E-state index in [0.29, 0.717) is 12.8 Å². The summed E-state index contributed by atoms with van der Waals surface area (Å²) in [7, 11) is -5.09. The highest BCUT2D eigenvalue weighted by atomic mass is 31.2. The summed E-state index contributed by atoms with van der Waals surface area (Å²) in [5, 5.41) is 49.6. The van der Waals surface area contributed by atoms with Gasteiger partial charge in [-0.15, -0.1) is 0 Å².